The molecule has 2 amide bonds. The Kier molecular flexibility index (Phi) is 7.19. The van der Waals surface area contributed by atoms with Crippen molar-refractivity contribution in [2.24, 2.45) is 0 Å². The maximum absolute atomic E-state index is 11.9. The fraction of sp³-hybridized carbons (Fsp3) is 0.467. The molecule has 1 N–H and O–H groups in total. The van der Waals surface area contributed by atoms with Gasteiger partial charge in [0.05, 0.1) is 0 Å². The lowest BCUT2D eigenvalue weighted by Crippen LogP contribution is -2.37. The van der Waals surface area contributed by atoms with E-state index in [2.05, 4.69) is 5.32 Å². The third-order valence-corrected chi connectivity index (χ3v) is 3.21. The highest BCUT2D eigenvalue weighted by atomic mass is 35.5. The molecule has 1 aromatic rings. The number of anilines is 1. The predicted molar refractivity (Wildman–Crippen MR) is 85.5 cm³/mol. The highest BCUT2D eigenvalue weighted by molar-refractivity contribution is 6.30. The molecule has 0 atom stereocenters. The molecule has 0 unspecified atom stereocenters. The molecule has 0 saturated carbocycles. The molecule has 21 heavy (non-hydrogen) atoms. The van der Waals surface area contributed by atoms with E-state index < -0.39 is 0 Å². The lowest BCUT2D eigenvalue weighted by molar-refractivity contribution is -0.129. The molecule has 116 valence electrons. The van der Waals surface area contributed by atoms with Gasteiger partial charge in [0.2, 0.25) is 11.8 Å². The van der Waals surface area contributed by atoms with Crippen molar-refractivity contribution in [3.05, 3.63) is 29.3 Å². The van der Waals surface area contributed by atoms with Crippen LogP contribution in [0.4, 0.5) is 5.69 Å². The zero-order valence-electron chi connectivity index (χ0n) is 12.7. The van der Waals surface area contributed by atoms with Crippen LogP contribution in [0.5, 0.6) is 0 Å². The fourth-order valence-corrected chi connectivity index (χ4v) is 1.96. The largest absolute Gasteiger partial charge is 0.341 e. The van der Waals surface area contributed by atoms with Crippen LogP contribution in [0.25, 0.3) is 0 Å². The van der Waals surface area contributed by atoms with Crippen LogP contribution in [0.15, 0.2) is 24.3 Å². The van der Waals surface area contributed by atoms with Gasteiger partial charge in [-0.05, 0) is 32.3 Å². The van der Waals surface area contributed by atoms with Gasteiger partial charge < -0.3 is 15.1 Å². The number of carbonyl (C=O) groups excluding carboxylic acids is 2. The molecule has 0 radical (unpaired) electrons. The molecule has 0 aliphatic rings. The molecule has 0 heterocycles. The molecule has 0 bridgehead atoms. The molecular weight excluding hydrogens is 290 g/mol. The number of rotatable bonds is 7. The van der Waals surface area contributed by atoms with Crippen molar-refractivity contribution in [2.45, 2.75) is 13.3 Å². The van der Waals surface area contributed by atoms with Gasteiger partial charge in [-0.15, -0.1) is 0 Å². The minimum atomic E-state index is -0.131. The highest BCUT2D eigenvalue weighted by Crippen LogP contribution is 2.15. The van der Waals surface area contributed by atoms with Crippen molar-refractivity contribution in [3.63, 3.8) is 0 Å². The summed E-state index contributed by atoms with van der Waals surface area (Å²) < 4.78 is 0. The lowest BCUT2D eigenvalue weighted by atomic mass is 10.3. The Morgan fingerprint density at radius 2 is 1.90 bits per heavy atom. The molecule has 0 spiro atoms. The van der Waals surface area contributed by atoms with Gasteiger partial charge in [-0.25, -0.2) is 0 Å². The second-order valence-corrected chi connectivity index (χ2v) is 5.55. The van der Waals surface area contributed by atoms with Gasteiger partial charge in [0.15, 0.2) is 0 Å². The number of nitrogens with one attached hydrogen (secondary N) is 1. The summed E-state index contributed by atoms with van der Waals surface area (Å²) in [5.74, 6) is -0.152. The number of benzene rings is 1. The smallest absolute Gasteiger partial charge is 0.226 e. The van der Waals surface area contributed by atoms with Crippen LogP contribution in [0.3, 0.4) is 0 Å². The number of hydrogen-bond acceptors (Lipinski definition) is 3. The number of halogens is 1. The zero-order valence-corrected chi connectivity index (χ0v) is 13.5. The first kappa shape index (κ1) is 17.5. The number of hydrogen-bond donors (Lipinski definition) is 1. The van der Waals surface area contributed by atoms with Crippen LogP contribution in [-0.2, 0) is 9.59 Å². The van der Waals surface area contributed by atoms with Crippen LogP contribution in [0, 0.1) is 0 Å². The molecule has 0 aromatic heterocycles. The quantitative estimate of drug-likeness (QED) is 0.839. The molecular formula is C15H22ClN3O2. The van der Waals surface area contributed by atoms with Crippen LogP contribution in [0.1, 0.15) is 13.3 Å². The van der Waals surface area contributed by atoms with Crippen LogP contribution in [-0.4, -0.2) is 55.3 Å². The summed E-state index contributed by atoms with van der Waals surface area (Å²) in [6.07, 6.45) is 0.263. The Hall–Kier alpha value is -1.59. The average Bonchev–Trinajstić information content (AvgIpc) is 2.37. The van der Waals surface area contributed by atoms with E-state index in [4.69, 9.17) is 11.6 Å². The molecule has 5 nitrogen and oxygen atoms in total. The van der Waals surface area contributed by atoms with E-state index in [1.54, 1.807) is 29.2 Å². The van der Waals surface area contributed by atoms with Gasteiger partial charge in [0, 0.05) is 43.7 Å². The van der Waals surface area contributed by atoms with E-state index in [1.165, 1.54) is 6.92 Å². The Labute approximate surface area is 130 Å². The molecule has 0 fully saturated rings. The zero-order chi connectivity index (χ0) is 15.8. The summed E-state index contributed by atoms with van der Waals surface area (Å²) in [7, 11) is 3.90. The molecule has 1 aromatic carbocycles. The van der Waals surface area contributed by atoms with Gasteiger partial charge in [-0.2, -0.15) is 0 Å². The maximum Gasteiger partial charge on any atom is 0.226 e. The van der Waals surface area contributed by atoms with E-state index in [0.29, 0.717) is 23.8 Å². The number of carbonyl (C=O) groups is 2. The first-order valence-corrected chi connectivity index (χ1v) is 7.22. The van der Waals surface area contributed by atoms with Gasteiger partial charge in [-0.1, -0.05) is 17.7 Å². The Bertz CT molecular complexity index is 492. The SMILES string of the molecule is CC(=O)N(CCC(=O)Nc1cccc(Cl)c1)CCN(C)C. The minimum absolute atomic E-state index is 0.0209. The second-order valence-electron chi connectivity index (χ2n) is 5.12. The standard InChI is InChI=1S/C15H22ClN3O2/c1-12(20)19(10-9-18(2)3)8-7-15(21)17-14-6-4-5-13(16)11-14/h4-6,11H,7-10H2,1-3H3,(H,17,21). The second kappa shape index (κ2) is 8.64. The highest BCUT2D eigenvalue weighted by Gasteiger charge is 2.11. The normalized spacial score (nSPS) is 10.5. The summed E-state index contributed by atoms with van der Waals surface area (Å²) in [6, 6.07) is 6.99. The summed E-state index contributed by atoms with van der Waals surface area (Å²) >= 11 is 5.86. The molecule has 0 aliphatic carbocycles. The van der Waals surface area contributed by atoms with Gasteiger partial charge >= 0.3 is 0 Å². The number of amides is 2. The van der Waals surface area contributed by atoms with E-state index >= 15 is 0 Å². The lowest BCUT2D eigenvalue weighted by Gasteiger charge is -2.22. The predicted octanol–water partition coefficient (Wildman–Crippen LogP) is 2.08. The first-order chi connectivity index (χ1) is 9.88. The summed E-state index contributed by atoms with van der Waals surface area (Å²) in [5.41, 5.74) is 0.662. The third-order valence-electron chi connectivity index (χ3n) is 2.98. The van der Waals surface area contributed by atoms with Crippen molar-refractivity contribution in [1.29, 1.82) is 0 Å². The van der Waals surface area contributed by atoms with Crippen molar-refractivity contribution in [1.82, 2.24) is 9.80 Å². The van der Waals surface area contributed by atoms with Crippen molar-refractivity contribution in [2.75, 3.05) is 39.0 Å². The van der Waals surface area contributed by atoms with E-state index in [0.717, 1.165) is 6.54 Å². The van der Waals surface area contributed by atoms with Crippen LogP contribution < -0.4 is 5.32 Å². The maximum atomic E-state index is 11.9. The Balaban J connectivity index is 2.44. The molecule has 1 rings (SSSR count). The minimum Gasteiger partial charge on any atom is -0.341 e. The Morgan fingerprint density at radius 1 is 1.19 bits per heavy atom. The summed E-state index contributed by atoms with van der Waals surface area (Å²) in [5, 5.41) is 3.34. The number of likely N-dealkylation sites (N-methyl/N-ethyl adjacent to an activating group) is 1. The third kappa shape index (κ3) is 7.11. The van der Waals surface area contributed by atoms with Crippen molar-refractivity contribution in [3.8, 4) is 0 Å². The monoisotopic (exact) mass is 311 g/mol. The topological polar surface area (TPSA) is 52.7 Å². The van der Waals surface area contributed by atoms with Gasteiger partial charge in [0.1, 0.15) is 0 Å². The van der Waals surface area contributed by atoms with Gasteiger partial charge in [-0.3, -0.25) is 9.59 Å². The Morgan fingerprint density at radius 3 is 2.48 bits per heavy atom. The fourth-order valence-electron chi connectivity index (χ4n) is 1.77. The summed E-state index contributed by atoms with van der Waals surface area (Å²) in [4.78, 5) is 27.1. The van der Waals surface area contributed by atoms with Crippen LogP contribution in [0.2, 0.25) is 5.02 Å². The van der Waals surface area contributed by atoms with Crippen molar-refractivity contribution < 1.29 is 9.59 Å². The van der Waals surface area contributed by atoms with Gasteiger partial charge in [0.25, 0.3) is 0 Å². The van der Waals surface area contributed by atoms with Crippen molar-refractivity contribution >= 4 is 29.1 Å². The van der Waals surface area contributed by atoms with E-state index in [-0.39, 0.29) is 18.2 Å². The first-order valence-electron chi connectivity index (χ1n) is 6.84. The molecule has 0 saturated heterocycles. The average molecular weight is 312 g/mol. The number of nitrogens with zero attached hydrogens (tertiary/aromatic N) is 2. The van der Waals surface area contributed by atoms with Crippen LogP contribution >= 0.6 is 11.6 Å². The molecule has 6 heteroatoms. The van der Waals surface area contributed by atoms with E-state index in [1.807, 2.05) is 19.0 Å². The summed E-state index contributed by atoms with van der Waals surface area (Å²) in [6.45, 7) is 3.32. The molecule has 0 aliphatic heterocycles. The van der Waals surface area contributed by atoms with E-state index in [9.17, 15) is 9.59 Å².